The Hall–Kier alpha value is -1.08. The zero-order valence-corrected chi connectivity index (χ0v) is 13.3. The number of aliphatic hydroxyl groups is 1. The molecule has 1 saturated heterocycles. The van der Waals surface area contributed by atoms with Crippen LogP contribution in [0.1, 0.15) is 30.9 Å². The van der Waals surface area contributed by atoms with E-state index in [9.17, 15) is 13.9 Å². The highest BCUT2D eigenvalue weighted by atomic mass is 19.1. The molecule has 2 aliphatic rings. The number of nitrogens with zero attached hydrogens (tertiary/aromatic N) is 1. The minimum atomic E-state index is -0.989. The molecule has 23 heavy (non-hydrogen) atoms. The average molecular weight is 327 g/mol. The van der Waals surface area contributed by atoms with Gasteiger partial charge in [0.2, 0.25) is 0 Å². The SMILES string of the molecule is COC1CCC2OCCN(CC(O)c3ccc(F)cc3F)C2C1. The van der Waals surface area contributed by atoms with Crippen molar-refractivity contribution in [1.82, 2.24) is 4.90 Å². The minimum Gasteiger partial charge on any atom is -0.387 e. The predicted molar refractivity (Wildman–Crippen MR) is 81.1 cm³/mol. The van der Waals surface area contributed by atoms with Crippen molar-refractivity contribution in [2.75, 3.05) is 26.8 Å². The Kier molecular flexibility index (Phi) is 5.26. The molecule has 4 nitrogen and oxygen atoms in total. The van der Waals surface area contributed by atoms with Gasteiger partial charge in [-0.3, -0.25) is 4.90 Å². The standard InChI is InChI=1S/C17H23F2NO3/c1-22-12-3-5-17-15(9-12)20(6-7-23-17)10-16(21)13-4-2-11(18)8-14(13)19/h2,4,8,12,15-17,21H,3,5-7,9-10H2,1H3. The molecule has 4 atom stereocenters. The Morgan fingerprint density at radius 3 is 2.96 bits per heavy atom. The number of fused-ring (bicyclic) bond motifs is 1. The van der Waals surface area contributed by atoms with Gasteiger partial charge in [-0.2, -0.15) is 0 Å². The maximum absolute atomic E-state index is 13.8. The summed E-state index contributed by atoms with van der Waals surface area (Å²) in [5.74, 6) is -1.35. The summed E-state index contributed by atoms with van der Waals surface area (Å²) in [5, 5.41) is 10.4. The van der Waals surface area contributed by atoms with Crippen LogP contribution in [-0.2, 0) is 9.47 Å². The van der Waals surface area contributed by atoms with Gasteiger partial charge in [-0.05, 0) is 25.3 Å². The summed E-state index contributed by atoms with van der Waals surface area (Å²) in [5.41, 5.74) is 0.133. The van der Waals surface area contributed by atoms with Gasteiger partial charge < -0.3 is 14.6 Å². The van der Waals surface area contributed by atoms with Gasteiger partial charge in [-0.25, -0.2) is 8.78 Å². The molecule has 0 spiro atoms. The first-order valence-electron chi connectivity index (χ1n) is 8.10. The van der Waals surface area contributed by atoms with Gasteiger partial charge in [-0.1, -0.05) is 6.07 Å². The highest BCUT2D eigenvalue weighted by Crippen LogP contribution is 2.31. The van der Waals surface area contributed by atoms with E-state index in [4.69, 9.17) is 9.47 Å². The van der Waals surface area contributed by atoms with Crippen LogP contribution in [0.3, 0.4) is 0 Å². The molecule has 1 N–H and O–H groups in total. The molecule has 0 radical (unpaired) electrons. The third-order valence-corrected chi connectivity index (χ3v) is 4.95. The molecule has 2 fully saturated rings. The van der Waals surface area contributed by atoms with Crippen LogP contribution in [0.5, 0.6) is 0 Å². The van der Waals surface area contributed by atoms with Crippen LogP contribution in [0.2, 0.25) is 0 Å². The van der Waals surface area contributed by atoms with Crippen molar-refractivity contribution in [1.29, 1.82) is 0 Å². The van der Waals surface area contributed by atoms with Gasteiger partial charge in [0.15, 0.2) is 0 Å². The summed E-state index contributed by atoms with van der Waals surface area (Å²) in [6.45, 7) is 1.61. The van der Waals surface area contributed by atoms with E-state index < -0.39 is 17.7 Å². The Morgan fingerprint density at radius 1 is 1.39 bits per heavy atom. The molecule has 1 saturated carbocycles. The number of aliphatic hydroxyl groups excluding tert-OH is 1. The van der Waals surface area contributed by atoms with E-state index in [0.29, 0.717) is 19.7 Å². The topological polar surface area (TPSA) is 41.9 Å². The molecule has 4 unspecified atom stereocenters. The zero-order valence-electron chi connectivity index (χ0n) is 13.3. The number of methoxy groups -OCH3 is 1. The smallest absolute Gasteiger partial charge is 0.131 e. The average Bonchev–Trinajstić information content (AvgIpc) is 2.54. The zero-order chi connectivity index (χ0) is 16.4. The number of β-amino-alcohol motifs (C(OH)–C–C–N with tert-alkyl or cyclic N) is 1. The summed E-state index contributed by atoms with van der Waals surface area (Å²) in [4.78, 5) is 2.15. The summed E-state index contributed by atoms with van der Waals surface area (Å²) < 4.78 is 38.1. The molecule has 0 amide bonds. The molecular formula is C17H23F2NO3. The third-order valence-electron chi connectivity index (χ3n) is 4.95. The van der Waals surface area contributed by atoms with Crippen molar-refractivity contribution in [2.24, 2.45) is 0 Å². The van der Waals surface area contributed by atoms with Gasteiger partial charge in [0, 0.05) is 37.9 Å². The van der Waals surface area contributed by atoms with Crippen LogP contribution in [0, 0.1) is 11.6 Å². The van der Waals surface area contributed by atoms with E-state index >= 15 is 0 Å². The van der Waals surface area contributed by atoms with Crippen molar-refractivity contribution in [3.63, 3.8) is 0 Å². The van der Waals surface area contributed by atoms with Gasteiger partial charge in [0.1, 0.15) is 11.6 Å². The van der Waals surface area contributed by atoms with Gasteiger partial charge in [-0.15, -0.1) is 0 Å². The maximum Gasteiger partial charge on any atom is 0.131 e. The number of benzene rings is 1. The first-order chi connectivity index (χ1) is 11.1. The Labute approximate surface area is 135 Å². The third kappa shape index (κ3) is 3.71. The highest BCUT2D eigenvalue weighted by molar-refractivity contribution is 5.21. The monoisotopic (exact) mass is 327 g/mol. The second-order valence-electron chi connectivity index (χ2n) is 6.32. The van der Waals surface area contributed by atoms with E-state index in [0.717, 1.165) is 25.3 Å². The molecule has 1 aromatic rings. The molecule has 1 aromatic carbocycles. The normalized spacial score (nSPS) is 30.0. The molecule has 1 aliphatic carbocycles. The fourth-order valence-electron chi connectivity index (χ4n) is 3.68. The summed E-state index contributed by atoms with van der Waals surface area (Å²) in [6, 6.07) is 3.46. The fourth-order valence-corrected chi connectivity index (χ4v) is 3.68. The van der Waals surface area contributed by atoms with E-state index in [1.54, 1.807) is 7.11 Å². The number of hydrogen-bond acceptors (Lipinski definition) is 4. The molecule has 6 heteroatoms. The largest absolute Gasteiger partial charge is 0.387 e. The van der Waals surface area contributed by atoms with E-state index in [1.807, 2.05) is 0 Å². The van der Waals surface area contributed by atoms with Crippen molar-refractivity contribution in [2.45, 2.75) is 43.6 Å². The van der Waals surface area contributed by atoms with Gasteiger partial charge in [0.25, 0.3) is 0 Å². The number of rotatable bonds is 4. The van der Waals surface area contributed by atoms with Crippen LogP contribution in [0.4, 0.5) is 8.78 Å². The minimum absolute atomic E-state index is 0.133. The van der Waals surface area contributed by atoms with E-state index in [1.165, 1.54) is 12.1 Å². The summed E-state index contributed by atoms with van der Waals surface area (Å²) in [6.07, 6.45) is 2.10. The van der Waals surface area contributed by atoms with Gasteiger partial charge >= 0.3 is 0 Å². The second-order valence-corrected chi connectivity index (χ2v) is 6.32. The lowest BCUT2D eigenvalue weighted by Crippen LogP contribution is -2.55. The predicted octanol–water partition coefficient (Wildman–Crippen LogP) is 2.27. The number of halogens is 2. The summed E-state index contributed by atoms with van der Waals surface area (Å²) in [7, 11) is 1.71. The van der Waals surface area contributed by atoms with Crippen molar-refractivity contribution in [3.05, 3.63) is 35.4 Å². The van der Waals surface area contributed by atoms with E-state index in [2.05, 4.69) is 4.90 Å². The second kappa shape index (κ2) is 7.21. The Balaban J connectivity index is 1.70. The van der Waals surface area contributed by atoms with Crippen LogP contribution in [0.25, 0.3) is 0 Å². The molecule has 1 aliphatic heterocycles. The van der Waals surface area contributed by atoms with Crippen LogP contribution < -0.4 is 0 Å². The molecule has 0 bridgehead atoms. The molecule has 0 aromatic heterocycles. The number of ether oxygens (including phenoxy) is 2. The van der Waals surface area contributed by atoms with Crippen LogP contribution in [0.15, 0.2) is 18.2 Å². The molecule has 128 valence electrons. The Morgan fingerprint density at radius 2 is 2.22 bits per heavy atom. The Bertz CT molecular complexity index is 543. The first-order valence-corrected chi connectivity index (χ1v) is 8.10. The number of morpholine rings is 1. The van der Waals surface area contributed by atoms with Crippen LogP contribution >= 0.6 is 0 Å². The maximum atomic E-state index is 13.8. The number of hydrogen-bond donors (Lipinski definition) is 1. The quantitative estimate of drug-likeness (QED) is 0.921. The highest BCUT2D eigenvalue weighted by Gasteiger charge is 2.38. The fraction of sp³-hybridized carbons (Fsp3) is 0.647. The lowest BCUT2D eigenvalue weighted by Gasteiger charge is -2.46. The van der Waals surface area contributed by atoms with Crippen molar-refractivity contribution < 1.29 is 23.4 Å². The van der Waals surface area contributed by atoms with Gasteiger partial charge in [0.05, 0.1) is 24.9 Å². The lowest BCUT2D eigenvalue weighted by atomic mass is 9.87. The lowest BCUT2D eigenvalue weighted by molar-refractivity contribution is -0.120. The molecule has 3 rings (SSSR count). The first kappa shape index (κ1) is 16.8. The molecular weight excluding hydrogens is 304 g/mol. The van der Waals surface area contributed by atoms with Crippen molar-refractivity contribution >= 4 is 0 Å². The van der Waals surface area contributed by atoms with Crippen molar-refractivity contribution in [3.8, 4) is 0 Å². The summed E-state index contributed by atoms with van der Waals surface area (Å²) >= 11 is 0. The molecule has 1 heterocycles. The van der Waals surface area contributed by atoms with E-state index in [-0.39, 0.29) is 23.8 Å². The van der Waals surface area contributed by atoms with Crippen LogP contribution in [-0.4, -0.2) is 55.1 Å².